The molecule has 0 aliphatic rings. The van der Waals surface area contributed by atoms with E-state index in [2.05, 4.69) is 0 Å². The van der Waals surface area contributed by atoms with Crippen molar-refractivity contribution in [3.8, 4) is 0 Å². The Morgan fingerprint density at radius 1 is 0.850 bits per heavy atom. The van der Waals surface area contributed by atoms with E-state index >= 15 is 0 Å². The summed E-state index contributed by atoms with van der Waals surface area (Å²) in [5.74, 6) is -6.24. The Hall–Kier alpha value is -0.846. The van der Waals surface area contributed by atoms with Gasteiger partial charge in [0.05, 0.1) is 12.2 Å². The molecule has 0 aromatic heterocycles. The predicted molar refractivity (Wildman–Crippen MR) is 68.9 cm³/mol. The molecule has 20 heavy (non-hydrogen) atoms. The molecule has 0 unspecified atom stereocenters. The van der Waals surface area contributed by atoms with Gasteiger partial charge in [0.1, 0.15) is 17.5 Å². The molecule has 0 aromatic carbocycles. The van der Waals surface area contributed by atoms with Gasteiger partial charge in [-0.05, 0) is 41.5 Å². The number of ketones is 3. The van der Waals surface area contributed by atoms with Gasteiger partial charge in [0.15, 0.2) is 0 Å². The maximum absolute atomic E-state index is 10.7. The van der Waals surface area contributed by atoms with E-state index in [4.69, 9.17) is 9.84 Å². The first kappa shape index (κ1) is 24.2. The summed E-state index contributed by atoms with van der Waals surface area (Å²) in [5, 5.41) is 8.20. The monoisotopic (exact) mass is 322 g/mol. The third-order valence-electron chi connectivity index (χ3n) is 1.83. The summed E-state index contributed by atoms with van der Waals surface area (Å²) < 4.78 is 5.25. The minimum Gasteiger partial charge on any atom is -0.475 e. The smallest absolute Gasteiger partial charge is 0.373 e. The van der Waals surface area contributed by atoms with Crippen molar-refractivity contribution in [1.29, 1.82) is 0 Å². The summed E-state index contributed by atoms with van der Waals surface area (Å²) in [6.45, 7) is 10.2. The summed E-state index contributed by atoms with van der Waals surface area (Å²) in [5.41, 5.74) is 0. The number of ether oxygens (including phenoxy) is 1. The molecule has 7 heteroatoms. The summed E-state index contributed by atoms with van der Waals surface area (Å²) in [4.78, 5) is 42.0. The first-order valence-electron chi connectivity index (χ1n) is 5.94. The quantitative estimate of drug-likeness (QED) is 0.449. The normalized spacial score (nSPS) is 9.65. The second-order valence-corrected chi connectivity index (χ2v) is 4.56. The molecular formula is C13H22O6Ti. The van der Waals surface area contributed by atoms with Crippen LogP contribution in [0.5, 0.6) is 0 Å². The SMILES string of the molecule is CC(=O)C(C(C)=O)C(=O)C(=O)O.CC(C)OC(C)C.[Ti]. The fourth-order valence-electron chi connectivity index (χ4n) is 1.32. The largest absolute Gasteiger partial charge is 0.475 e. The molecule has 0 amide bonds. The number of carboxylic acids is 1. The number of rotatable bonds is 6. The van der Waals surface area contributed by atoms with E-state index in [1.165, 1.54) is 0 Å². The molecule has 0 heterocycles. The van der Waals surface area contributed by atoms with Crippen molar-refractivity contribution in [2.24, 2.45) is 5.92 Å². The van der Waals surface area contributed by atoms with Crippen LogP contribution in [0, 0.1) is 5.92 Å². The van der Waals surface area contributed by atoms with Gasteiger partial charge in [-0.1, -0.05) is 0 Å². The summed E-state index contributed by atoms with van der Waals surface area (Å²) >= 11 is 0. The van der Waals surface area contributed by atoms with Crippen molar-refractivity contribution in [1.82, 2.24) is 0 Å². The Kier molecular flexibility index (Phi) is 14.4. The summed E-state index contributed by atoms with van der Waals surface area (Å²) in [6, 6.07) is 0. The number of carbonyl (C=O) groups is 4. The topological polar surface area (TPSA) is 97.7 Å². The molecule has 0 spiro atoms. The Balaban J connectivity index is -0.000000312. The van der Waals surface area contributed by atoms with Crippen LogP contribution in [-0.2, 0) is 45.6 Å². The van der Waals surface area contributed by atoms with Crippen LogP contribution in [0.15, 0.2) is 0 Å². The summed E-state index contributed by atoms with van der Waals surface area (Å²) in [6.07, 6.45) is 0.750. The molecule has 0 radical (unpaired) electrons. The van der Waals surface area contributed by atoms with Crippen LogP contribution >= 0.6 is 0 Å². The number of Topliss-reactive ketones (excluding diaryl/α,β-unsaturated/α-hetero) is 3. The van der Waals surface area contributed by atoms with Crippen LogP contribution in [0.3, 0.4) is 0 Å². The van der Waals surface area contributed by atoms with Gasteiger partial charge in [-0.25, -0.2) is 4.79 Å². The molecule has 0 aliphatic carbocycles. The maximum atomic E-state index is 10.7. The second-order valence-electron chi connectivity index (χ2n) is 4.56. The predicted octanol–water partition coefficient (Wildman–Crippen LogP) is 1.25. The Morgan fingerprint density at radius 3 is 1.20 bits per heavy atom. The first-order valence-corrected chi connectivity index (χ1v) is 5.94. The van der Waals surface area contributed by atoms with E-state index in [0.29, 0.717) is 12.2 Å². The zero-order chi connectivity index (χ0) is 15.7. The molecule has 0 rings (SSSR count). The van der Waals surface area contributed by atoms with E-state index in [0.717, 1.165) is 13.8 Å². The van der Waals surface area contributed by atoms with E-state index < -0.39 is 29.2 Å². The van der Waals surface area contributed by atoms with Gasteiger partial charge < -0.3 is 9.84 Å². The Bertz CT molecular complexity index is 329. The van der Waals surface area contributed by atoms with Crippen molar-refractivity contribution >= 4 is 23.3 Å². The molecule has 0 aromatic rings. The molecule has 0 atom stereocenters. The third-order valence-corrected chi connectivity index (χ3v) is 1.83. The van der Waals surface area contributed by atoms with Crippen molar-refractivity contribution in [3.63, 3.8) is 0 Å². The number of aliphatic carboxylic acids is 1. The maximum Gasteiger partial charge on any atom is 0.373 e. The average Bonchev–Trinajstić information content (AvgIpc) is 2.14. The molecule has 0 saturated carbocycles. The number of hydrogen-bond donors (Lipinski definition) is 1. The minimum atomic E-state index is -1.76. The van der Waals surface area contributed by atoms with Crippen molar-refractivity contribution < 1.29 is 50.7 Å². The number of hydrogen-bond acceptors (Lipinski definition) is 5. The zero-order valence-corrected chi connectivity index (χ0v) is 14.3. The molecule has 114 valence electrons. The van der Waals surface area contributed by atoms with Gasteiger partial charge in [0.2, 0.25) is 0 Å². The molecule has 0 aliphatic heterocycles. The molecule has 0 bridgehead atoms. The molecule has 1 N–H and O–H groups in total. The van der Waals surface area contributed by atoms with Gasteiger partial charge in [-0.2, -0.15) is 0 Å². The van der Waals surface area contributed by atoms with E-state index in [1.54, 1.807) is 0 Å². The zero-order valence-electron chi connectivity index (χ0n) is 12.7. The van der Waals surface area contributed by atoms with Crippen molar-refractivity contribution in [2.45, 2.75) is 53.8 Å². The van der Waals surface area contributed by atoms with Gasteiger partial charge in [0.25, 0.3) is 5.78 Å². The van der Waals surface area contributed by atoms with E-state index in [1.807, 2.05) is 27.7 Å². The van der Waals surface area contributed by atoms with Gasteiger partial charge >= 0.3 is 5.97 Å². The third kappa shape index (κ3) is 12.2. The number of carboxylic acid groups (broad SMARTS) is 1. The molecule has 0 fully saturated rings. The summed E-state index contributed by atoms with van der Waals surface area (Å²) in [7, 11) is 0. The first-order chi connectivity index (χ1) is 8.50. The van der Waals surface area contributed by atoms with Crippen molar-refractivity contribution in [3.05, 3.63) is 0 Å². The molecule has 6 nitrogen and oxygen atoms in total. The number of carbonyl (C=O) groups excluding carboxylic acids is 3. The fourth-order valence-corrected chi connectivity index (χ4v) is 1.32. The van der Waals surface area contributed by atoms with E-state index in [-0.39, 0.29) is 21.7 Å². The van der Waals surface area contributed by atoms with Gasteiger partial charge in [-0.3, -0.25) is 14.4 Å². The Morgan fingerprint density at radius 2 is 1.15 bits per heavy atom. The van der Waals surface area contributed by atoms with Crippen LogP contribution in [0.1, 0.15) is 41.5 Å². The van der Waals surface area contributed by atoms with Crippen LogP contribution in [0.4, 0.5) is 0 Å². The molecule has 0 saturated heterocycles. The second kappa shape index (κ2) is 11.9. The van der Waals surface area contributed by atoms with Crippen molar-refractivity contribution in [2.75, 3.05) is 0 Å². The minimum absolute atomic E-state index is 0. The standard InChI is InChI=1S/C7H8O5.C6H14O.Ti/c1-3(8)5(4(2)9)6(10)7(11)12;1-5(2)7-6(3)4;/h5H,1-2H3,(H,11,12);5-6H,1-4H3;. The van der Waals surface area contributed by atoms with Crippen LogP contribution in [-0.4, -0.2) is 40.6 Å². The van der Waals surface area contributed by atoms with Gasteiger partial charge in [-0.15, -0.1) is 0 Å². The average molecular weight is 322 g/mol. The van der Waals surface area contributed by atoms with Gasteiger partial charge in [0, 0.05) is 21.7 Å². The van der Waals surface area contributed by atoms with Crippen LogP contribution in [0.25, 0.3) is 0 Å². The molecular weight excluding hydrogens is 300 g/mol. The fraction of sp³-hybridized carbons (Fsp3) is 0.692. The Labute approximate surface area is 134 Å². The van der Waals surface area contributed by atoms with Crippen LogP contribution < -0.4 is 0 Å². The van der Waals surface area contributed by atoms with Crippen LogP contribution in [0.2, 0.25) is 0 Å². The van der Waals surface area contributed by atoms with E-state index in [9.17, 15) is 19.2 Å².